The first-order valence-corrected chi connectivity index (χ1v) is 13.0. The van der Waals surface area contributed by atoms with Crippen LogP contribution in [0.1, 0.15) is 37.7 Å². The zero-order chi connectivity index (χ0) is 24.6. The summed E-state index contributed by atoms with van der Waals surface area (Å²) in [6, 6.07) is 12.6. The molecule has 3 rings (SSSR count). The second-order valence-corrected chi connectivity index (χ2v) is 9.85. The second-order valence-electron chi connectivity index (χ2n) is 7.97. The highest BCUT2D eigenvalue weighted by molar-refractivity contribution is 7.89. The fourth-order valence-corrected chi connectivity index (χ4v) is 4.90. The Bertz CT molecular complexity index is 1130. The van der Waals surface area contributed by atoms with Crippen LogP contribution in [0.3, 0.4) is 0 Å². The van der Waals surface area contributed by atoms with Gasteiger partial charge in [-0.2, -0.15) is 5.10 Å². The van der Waals surface area contributed by atoms with Crippen LogP contribution in [-0.4, -0.2) is 61.0 Å². The predicted molar refractivity (Wildman–Crippen MR) is 131 cm³/mol. The van der Waals surface area contributed by atoms with Gasteiger partial charge in [-0.25, -0.2) is 22.5 Å². The van der Waals surface area contributed by atoms with E-state index in [9.17, 15) is 12.8 Å². The van der Waals surface area contributed by atoms with Gasteiger partial charge in [0.15, 0.2) is 5.82 Å². The zero-order valence-corrected chi connectivity index (χ0v) is 20.6. The van der Waals surface area contributed by atoms with E-state index >= 15 is 0 Å². The number of aromatic nitrogens is 3. The van der Waals surface area contributed by atoms with Gasteiger partial charge in [-0.3, -0.25) is 5.10 Å². The minimum Gasteiger partial charge on any atom is -0.497 e. The monoisotopic (exact) mass is 489 g/mol. The fraction of sp³-hybridized carbons (Fsp3) is 0.417. The van der Waals surface area contributed by atoms with Crippen molar-refractivity contribution in [1.29, 1.82) is 0 Å². The Labute approximate surface area is 200 Å². The summed E-state index contributed by atoms with van der Waals surface area (Å²) < 4.78 is 47.1. The van der Waals surface area contributed by atoms with Crippen LogP contribution >= 0.6 is 0 Å². The zero-order valence-electron chi connectivity index (χ0n) is 19.8. The molecule has 3 aromatic rings. The van der Waals surface area contributed by atoms with Gasteiger partial charge in [-0.05, 0) is 74.4 Å². The van der Waals surface area contributed by atoms with Crippen LogP contribution in [0.4, 0.5) is 4.39 Å². The topological polar surface area (TPSA) is 100 Å². The van der Waals surface area contributed by atoms with Crippen LogP contribution < -0.4 is 9.46 Å². The van der Waals surface area contributed by atoms with Crippen molar-refractivity contribution >= 4 is 10.0 Å². The summed E-state index contributed by atoms with van der Waals surface area (Å²) in [7, 11) is -2.00. The molecule has 8 nitrogen and oxygen atoms in total. The van der Waals surface area contributed by atoms with Gasteiger partial charge in [0.2, 0.25) is 10.0 Å². The second kappa shape index (κ2) is 12.0. The number of hydrogen-bond donors (Lipinski definition) is 2. The summed E-state index contributed by atoms with van der Waals surface area (Å²) in [5, 5.41) is 7.16. The third-order valence-corrected chi connectivity index (χ3v) is 7.11. The summed E-state index contributed by atoms with van der Waals surface area (Å²) in [6.45, 7) is 6.58. The van der Waals surface area contributed by atoms with Gasteiger partial charge in [0, 0.05) is 5.56 Å². The Morgan fingerprint density at radius 1 is 1.09 bits per heavy atom. The lowest BCUT2D eigenvalue weighted by Gasteiger charge is -2.19. The lowest BCUT2D eigenvalue weighted by Crippen LogP contribution is -2.34. The molecule has 2 N–H and O–H groups in total. The predicted octanol–water partition coefficient (Wildman–Crippen LogP) is 3.55. The van der Waals surface area contributed by atoms with E-state index in [-0.39, 0.29) is 11.6 Å². The van der Waals surface area contributed by atoms with Crippen molar-refractivity contribution < 1.29 is 17.5 Å². The highest BCUT2D eigenvalue weighted by atomic mass is 32.2. The maximum atomic E-state index is 13.4. The average Bonchev–Trinajstić information content (AvgIpc) is 3.33. The highest BCUT2D eigenvalue weighted by Crippen LogP contribution is 2.22. The highest BCUT2D eigenvalue weighted by Gasteiger charge is 2.24. The van der Waals surface area contributed by atoms with Crippen LogP contribution in [-0.2, 0) is 16.4 Å². The molecule has 34 heavy (non-hydrogen) atoms. The molecule has 10 heteroatoms. The van der Waals surface area contributed by atoms with E-state index in [1.54, 1.807) is 31.4 Å². The number of sulfonamides is 1. The van der Waals surface area contributed by atoms with Crippen LogP contribution in [0.5, 0.6) is 5.75 Å². The van der Waals surface area contributed by atoms with Crippen molar-refractivity contribution in [3.05, 3.63) is 65.7 Å². The lowest BCUT2D eigenvalue weighted by atomic mass is 10.1. The summed E-state index contributed by atoms with van der Waals surface area (Å²) in [4.78, 5) is 6.74. The first-order valence-electron chi connectivity index (χ1n) is 11.4. The summed E-state index contributed by atoms with van der Waals surface area (Å²) in [5.74, 6) is 1.21. The average molecular weight is 490 g/mol. The molecule has 0 unspecified atom stereocenters. The summed E-state index contributed by atoms with van der Waals surface area (Å²) in [6.07, 6.45) is 0.820. The SMILES string of the molecule is CCN(CC)CCCS(=O)(=O)N[C@@H](Cc1ccc(F)cc1)c1nc(-c2ccc(OC)cc2)n[nH]1. The van der Waals surface area contributed by atoms with E-state index in [1.165, 1.54) is 12.1 Å². The van der Waals surface area contributed by atoms with Crippen molar-refractivity contribution in [2.24, 2.45) is 0 Å². The molecule has 0 aliphatic rings. The van der Waals surface area contributed by atoms with Crippen LogP contribution in [0.2, 0.25) is 0 Å². The molecule has 0 bridgehead atoms. The minimum atomic E-state index is -3.59. The van der Waals surface area contributed by atoms with Crippen molar-refractivity contribution in [3.8, 4) is 17.1 Å². The Kier molecular flexibility index (Phi) is 9.14. The molecule has 0 saturated carbocycles. The number of halogens is 1. The normalized spacial score (nSPS) is 12.7. The third kappa shape index (κ3) is 7.34. The molecule has 1 aromatic heterocycles. The van der Waals surface area contributed by atoms with E-state index < -0.39 is 16.1 Å². The maximum absolute atomic E-state index is 13.4. The van der Waals surface area contributed by atoms with Gasteiger partial charge < -0.3 is 9.64 Å². The van der Waals surface area contributed by atoms with Crippen molar-refractivity contribution in [2.75, 3.05) is 32.5 Å². The first-order chi connectivity index (χ1) is 16.3. The maximum Gasteiger partial charge on any atom is 0.212 e. The van der Waals surface area contributed by atoms with E-state index in [2.05, 4.69) is 38.7 Å². The number of H-pyrrole nitrogens is 1. The quantitative estimate of drug-likeness (QED) is 0.381. The number of methoxy groups -OCH3 is 1. The molecule has 0 spiro atoms. The first kappa shape index (κ1) is 25.8. The van der Waals surface area contributed by atoms with Gasteiger partial charge in [-0.1, -0.05) is 26.0 Å². The van der Waals surface area contributed by atoms with Gasteiger partial charge in [-0.15, -0.1) is 0 Å². The number of nitrogens with one attached hydrogen (secondary N) is 2. The molecule has 0 aliphatic carbocycles. The van der Waals surface area contributed by atoms with Gasteiger partial charge >= 0.3 is 0 Å². The number of benzene rings is 2. The molecule has 0 saturated heterocycles. The Balaban J connectivity index is 1.79. The van der Waals surface area contributed by atoms with Gasteiger partial charge in [0.25, 0.3) is 0 Å². The molecule has 2 aromatic carbocycles. The molecular formula is C24H32FN5O3S. The van der Waals surface area contributed by atoms with Gasteiger partial charge in [0.05, 0.1) is 18.9 Å². The van der Waals surface area contributed by atoms with Crippen LogP contribution in [0.25, 0.3) is 11.4 Å². The molecule has 0 radical (unpaired) electrons. The van der Waals surface area contributed by atoms with E-state index in [4.69, 9.17) is 4.74 Å². The van der Waals surface area contributed by atoms with Crippen molar-refractivity contribution in [1.82, 2.24) is 24.8 Å². The van der Waals surface area contributed by atoms with Crippen molar-refractivity contribution in [3.63, 3.8) is 0 Å². The standard InChI is InChI=1S/C24H32FN5O3S/c1-4-30(5-2)15-6-16-34(31,32)29-22(17-18-7-11-20(25)12-8-18)24-26-23(27-28-24)19-9-13-21(33-3)14-10-19/h7-14,22,29H,4-6,15-17H2,1-3H3,(H,26,27,28)/t22-/m0/s1. The Morgan fingerprint density at radius 3 is 2.38 bits per heavy atom. The molecule has 0 amide bonds. The van der Waals surface area contributed by atoms with Crippen LogP contribution in [0, 0.1) is 5.82 Å². The number of ether oxygens (including phenoxy) is 1. The number of nitrogens with zero attached hydrogens (tertiary/aromatic N) is 3. The number of hydrogen-bond acceptors (Lipinski definition) is 6. The molecular weight excluding hydrogens is 457 g/mol. The molecule has 184 valence electrons. The Morgan fingerprint density at radius 2 is 1.76 bits per heavy atom. The fourth-order valence-electron chi connectivity index (χ4n) is 3.64. The van der Waals surface area contributed by atoms with E-state index in [0.717, 1.165) is 24.2 Å². The number of rotatable bonds is 13. The van der Waals surface area contributed by atoms with Gasteiger partial charge in [0.1, 0.15) is 17.4 Å². The molecule has 0 aliphatic heterocycles. The Hall–Kier alpha value is -2.82. The van der Waals surface area contributed by atoms with Crippen LogP contribution in [0.15, 0.2) is 48.5 Å². The smallest absolute Gasteiger partial charge is 0.212 e. The molecule has 1 heterocycles. The summed E-state index contributed by atoms with van der Waals surface area (Å²) in [5.41, 5.74) is 1.55. The molecule has 1 atom stereocenters. The minimum absolute atomic E-state index is 0.00287. The lowest BCUT2D eigenvalue weighted by molar-refractivity contribution is 0.304. The van der Waals surface area contributed by atoms with E-state index in [1.807, 2.05) is 12.1 Å². The van der Waals surface area contributed by atoms with E-state index in [0.29, 0.717) is 36.8 Å². The molecule has 0 fully saturated rings. The number of aromatic amines is 1. The third-order valence-electron chi connectivity index (χ3n) is 5.64. The van der Waals surface area contributed by atoms with Crippen molar-refractivity contribution in [2.45, 2.75) is 32.7 Å². The largest absolute Gasteiger partial charge is 0.497 e. The summed E-state index contributed by atoms with van der Waals surface area (Å²) >= 11 is 0.